The molecule has 0 heterocycles. The van der Waals surface area contributed by atoms with Gasteiger partial charge in [0.15, 0.2) is 11.4 Å². The molecular formula is C18H27NO6. The number of amides is 1. The molecule has 0 aliphatic rings. The Morgan fingerprint density at radius 1 is 1.08 bits per heavy atom. The van der Waals surface area contributed by atoms with Crippen LogP contribution in [-0.4, -0.2) is 55.7 Å². The SMILES string of the molecule is CC(=O)C(O)(Cc1ccccc1)C(O)(NC(=O)C(C)C)C(O)C(C)O. The number of benzene rings is 1. The van der Waals surface area contributed by atoms with Crippen LogP contribution in [0.4, 0.5) is 0 Å². The third kappa shape index (κ3) is 4.43. The standard InChI is InChI=1S/C18H27NO6/c1-11(2)16(23)19-18(25,15(22)12(3)20)17(24,13(4)21)10-14-8-6-5-7-9-14/h5-9,11-12,15,20,22,24-25H,10H2,1-4H3,(H,19,23). The maximum Gasteiger partial charge on any atom is 0.224 e. The fourth-order valence-electron chi connectivity index (χ4n) is 2.52. The monoisotopic (exact) mass is 353 g/mol. The molecule has 0 aliphatic heterocycles. The Morgan fingerprint density at radius 2 is 1.60 bits per heavy atom. The fourth-order valence-corrected chi connectivity index (χ4v) is 2.52. The second-order valence-electron chi connectivity index (χ2n) is 6.67. The molecule has 0 spiro atoms. The lowest BCUT2D eigenvalue weighted by Gasteiger charge is -2.46. The van der Waals surface area contributed by atoms with E-state index in [4.69, 9.17) is 0 Å². The molecule has 5 N–H and O–H groups in total. The third-order valence-electron chi connectivity index (χ3n) is 4.24. The Bertz CT molecular complexity index is 603. The number of Topliss-reactive ketones (excluding diaryl/α,β-unsaturated/α-hetero) is 1. The summed E-state index contributed by atoms with van der Waals surface area (Å²) in [4.78, 5) is 24.4. The Morgan fingerprint density at radius 3 is 2.00 bits per heavy atom. The van der Waals surface area contributed by atoms with Crippen LogP contribution in [0.2, 0.25) is 0 Å². The van der Waals surface area contributed by atoms with E-state index < -0.39 is 41.1 Å². The molecule has 140 valence electrons. The highest BCUT2D eigenvalue weighted by Crippen LogP contribution is 2.31. The maximum atomic E-state index is 12.2. The molecule has 0 radical (unpaired) electrons. The van der Waals surface area contributed by atoms with Gasteiger partial charge in [0.05, 0.1) is 6.10 Å². The van der Waals surface area contributed by atoms with Crippen molar-refractivity contribution in [1.29, 1.82) is 0 Å². The molecule has 0 saturated heterocycles. The van der Waals surface area contributed by atoms with Crippen molar-refractivity contribution in [2.75, 3.05) is 0 Å². The molecule has 7 heteroatoms. The van der Waals surface area contributed by atoms with Crippen molar-refractivity contribution in [3.8, 4) is 0 Å². The van der Waals surface area contributed by atoms with Crippen LogP contribution < -0.4 is 5.32 Å². The van der Waals surface area contributed by atoms with Crippen LogP contribution in [0.3, 0.4) is 0 Å². The quantitative estimate of drug-likeness (QED) is 0.410. The summed E-state index contributed by atoms with van der Waals surface area (Å²) in [6.45, 7) is 5.33. The summed E-state index contributed by atoms with van der Waals surface area (Å²) in [7, 11) is 0. The molecule has 1 aromatic carbocycles. The zero-order chi connectivity index (χ0) is 19.4. The maximum absolute atomic E-state index is 12.2. The molecular weight excluding hydrogens is 326 g/mol. The molecule has 7 nitrogen and oxygen atoms in total. The first-order valence-electron chi connectivity index (χ1n) is 8.13. The van der Waals surface area contributed by atoms with E-state index in [1.807, 2.05) is 0 Å². The van der Waals surface area contributed by atoms with Crippen LogP contribution in [0, 0.1) is 5.92 Å². The summed E-state index contributed by atoms with van der Waals surface area (Å²) in [5, 5.41) is 44.2. The largest absolute Gasteiger partial charge is 0.391 e. The lowest BCUT2D eigenvalue weighted by atomic mass is 9.76. The molecule has 25 heavy (non-hydrogen) atoms. The molecule has 0 saturated carbocycles. The van der Waals surface area contributed by atoms with Gasteiger partial charge in [-0.15, -0.1) is 0 Å². The first-order chi connectivity index (χ1) is 11.5. The van der Waals surface area contributed by atoms with Gasteiger partial charge in [-0.2, -0.15) is 0 Å². The van der Waals surface area contributed by atoms with Crippen molar-refractivity contribution in [2.24, 2.45) is 5.92 Å². The molecule has 0 bridgehead atoms. The predicted octanol–water partition coefficient (Wildman–Crippen LogP) is -0.248. The lowest BCUT2D eigenvalue weighted by Crippen LogP contribution is -2.75. The van der Waals surface area contributed by atoms with Crippen LogP contribution in [0.15, 0.2) is 30.3 Å². The van der Waals surface area contributed by atoms with E-state index in [2.05, 4.69) is 5.32 Å². The predicted molar refractivity (Wildman–Crippen MR) is 91.4 cm³/mol. The summed E-state index contributed by atoms with van der Waals surface area (Å²) in [6.07, 6.45) is -3.87. The van der Waals surface area contributed by atoms with E-state index in [0.717, 1.165) is 6.92 Å². The zero-order valence-electron chi connectivity index (χ0n) is 14.9. The first kappa shape index (κ1) is 21.2. The first-order valence-corrected chi connectivity index (χ1v) is 8.13. The summed E-state index contributed by atoms with van der Waals surface area (Å²) < 4.78 is 0. The van der Waals surface area contributed by atoms with Gasteiger partial charge in [-0.1, -0.05) is 44.2 Å². The molecule has 0 fully saturated rings. The van der Waals surface area contributed by atoms with E-state index >= 15 is 0 Å². The number of hydrogen-bond donors (Lipinski definition) is 5. The number of carbonyl (C=O) groups excluding carboxylic acids is 2. The van der Waals surface area contributed by atoms with E-state index in [9.17, 15) is 30.0 Å². The molecule has 1 aromatic rings. The number of nitrogens with one attached hydrogen (secondary N) is 1. The normalized spacial score (nSPS) is 18.8. The van der Waals surface area contributed by atoms with Gasteiger partial charge >= 0.3 is 0 Å². The van der Waals surface area contributed by atoms with Gasteiger partial charge in [-0.05, 0) is 19.4 Å². The summed E-state index contributed by atoms with van der Waals surface area (Å²) in [5.41, 5.74) is -4.81. The highest BCUT2D eigenvalue weighted by Gasteiger charge is 2.59. The fraction of sp³-hybridized carbons (Fsp3) is 0.556. The van der Waals surface area contributed by atoms with Gasteiger partial charge in [-0.3, -0.25) is 9.59 Å². The third-order valence-corrected chi connectivity index (χ3v) is 4.24. The Hall–Kier alpha value is -1.80. The molecule has 0 aliphatic carbocycles. The average Bonchev–Trinajstić information content (AvgIpc) is 2.54. The number of ketones is 1. The van der Waals surface area contributed by atoms with E-state index in [0.29, 0.717) is 5.56 Å². The Balaban J connectivity index is 3.43. The topological polar surface area (TPSA) is 127 Å². The minimum Gasteiger partial charge on any atom is -0.391 e. The summed E-state index contributed by atoms with van der Waals surface area (Å²) in [5.74, 6) is -2.13. The van der Waals surface area contributed by atoms with Crippen molar-refractivity contribution in [1.82, 2.24) is 5.32 Å². The minimum atomic E-state index is -2.77. The Kier molecular flexibility index (Phi) is 6.84. The zero-order valence-corrected chi connectivity index (χ0v) is 14.9. The molecule has 0 aromatic heterocycles. The van der Waals surface area contributed by atoms with Crippen LogP contribution in [0.5, 0.6) is 0 Å². The van der Waals surface area contributed by atoms with Crippen molar-refractivity contribution in [2.45, 2.75) is 57.6 Å². The number of aliphatic hydroxyl groups excluding tert-OH is 2. The second-order valence-corrected chi connectivity index (χ2v) is 6.67. The summed E-state index contributed by atoms with van der Waals surface area (Å²) in [6, 6.07) is 8.38. The molecule has 1 amide bonds. The van der Waals surface area contributed by atoms with Crippen molar-refractivity contribution < 1.29 is 30.0 Å². The molecule has 4 unspecified atom stereocenters. The van der Waals surface area contributed by atoms with Gasteiger partial charge in [0.25, 0.3) is 0 Å². The molecule has 4 atom stereocenters. The number of aliphatic hydroxyl groups is 4. The highest BCUT2D eigenvalue weighted by molar-refractivity contribution is 5.88. The van der Waals surface area contributed by atoms with E-state index in [1.165, 1.54) is 6.92 Å². The van der Waals surface area contributed by atoms with Gasteiger partial charge in [0.1, 0.15) is 6.10 Å². The van der Waals surface area contributed by atoms with Gasteiger partial charge in [0.2, 0.25) is 11.6 Å². The van der Waals surface area contributed by atoms with Crippen molar-refractivity contribution in [3.05, 3.63) is 35.9 Å². The lowest BCUT2D eigenvalue weighted by molar-refractivity contribution is -0.231. The van der Waals surface area contributed by atoms with Gasteiger partial charge < -0.3 is 25.7 Å². The van der Waals surface area contributed by atoms with Crippen LogP contribution in [0.25, 0.3) is 0 Å². The smallest absolute Gasteiger partial charge is 0.224 e. The van der Waals surface area contributed by atoms with Crippen LogP contribution in [0.1, 0.15) is 33.3 Å². The van der Waals surface area contributed by atoms with Crippen molar-refractivity contribution in [3.63, 3.8) is 0 Å². The summed E-state index contributed by atoms with van der Waals surface area (Å²) >= 11 is 0. The average molecular weight is 353 g/mol. The number of carbonyl (C=O) groups is 2. The van der Waals surface area contributed by atoms with Gasteiger partial charge in [-0.25, -0.2) is 0 Å². The molecule has 1 rings (SSSR count). The minimum absolute atomic E-state index is 0.359. The van der Waals surface area contributed by atoms with Crippen LogP contribution >= 0.6 is 0 Å². The number of hydrogen-bond acceptors (Lipinski definition) is 6. The Labute approximate surface area is 147 Å². The van der Waals surface area contributed by atoms with Crippen molar-refractivity contribution >= 4 is 11.7 Å². The van der Waals surface area contributed by atoms with E-state index in [-0.39, 0.29) is 6.42 Å². The van der Waals surface area contributed by atoms with Crippen LogP contribution in [-0.2, 0) is 16.0 Å². The highest BCUT2D eigenvalue weighted by atomic mass is 16.4. The van der Waals surface area contributed by atoms with Gasteiger partial charge in [0, 0.05) is 12.3 Å². The van der Waals surface area contributed by atoms with E-state index in [1.54, 1.807) is 44.2 Å². The second kappa shape index (κ2) is 8.05. The number of rotatable bonds is 8.